The molecule has 0 radical (unpaired) electrons. The Hall–Kier alpha value is -0.880. The van der Waals surface area contributed by atoms with Crippen molar-refractivity contribution in [3.63, 3.8) is 0 Å². The smallest absolute Gasteiger partial charge is 0.264 e. The lowest BCUT2D eigenvalue weighted by molar-refractivity contribution is 0.594. The number of hydrogen-bond donors (Lipinski definition) is 0. The predicted octanol–water partition coefficient (Wildman–Crippen LogP) is 4.54. The van der Waals surface area contributed by atoms with E-state index in [1.165, 1.54) is 11.4 Å². The number of sulfonamides is 1. The highest BCUT2D eigenvalue weighted by atomic mass is 35.5. The van der Waals surface area contributed by atoms with Gasteiger partial charge in [0.2, 0.25) is 0 Å². The molecule has 0 aromatic heterocycles. The highest BCUT2D eigenvalue weighted by Crippen LogP contribution is 2.29. The monoisotopic (exact) mass is 361 g/mol. The van der Waals surface area contributed by atoms with E-state index in [0.717, 1.165) is 4.90 Å². The third-order valence-electron chi connectivity index (χ3n) is 2.93. The zero-order chi connectivity index (χ0) is 15.6. The van der Waals surface area contributed by atoms with E-state index in [1.54, 1.807) is 54.2 Å². The van der Waals surface area contributed by atoms with Crippen LogP contribution in [0.4, 0.5) is 5.69 Å². The summed E-state index contributed by atoms with van der Waals surface area (Å²) in [6.07, 6.45) is 1.93. The van der Waals surface area contributed by atoms with Crippen molar-refractivity contribution in [2.24, 2.45) is 0 Å². The molecule has 3 nitrogen and oxygen atoms in total. The van der Waals surface area contributed by atoms with Crippen LogP contribution in [0.25, 0.3) is 0 Å². The fraction of sp³-hybridized carbons (Fsp3) is 0.143. The third-order valence-corrected chi connectivity index (χ3v) is 5.91. The molecule has 0 saturated heterocycles. The van der Waals surface area contributed by atoms with Gasteiger partial charge >= 0.3 is 0 Å². The van der Waals surface area contributed by atoms with E-state index in [4.69, 9.17) is 23.2 Å². The molecule has 0 fully saturated rings. The Morgan fingerprint density at radius 3 is 2.00 bits per heavy atom. The maximum absolute atomic E-state index is 12.6. The number of hydrogen-bond acceptors (Lipinski definition) is 3. The van der Waals surface area contributed by atoms with Crippen LogP contribution in [-0.4, -0.2) is 21.7 Å². The van der Waals surface area contributed by atoms with Crippen molar-refractivity contribution in [2.45, 2.75) is 9.79 Å². The molecule has 2 aromatic rings. The Kier molecular flexibility index (Phi) is 5.09. The molecule has 0 spiro atoms. The summed E-state index contributed by atoms with van der Waals surface area (Å²) < 4.78 is 26.3. The first kappa shape index (κ1) is 16.5. The highest BCUT2D eigenvalue weighted by Gasteiger charge is 2.21. The second-order valence-corrected chi connectivity index (χ2v) is 8.00. The molecule has 0 saturated carbocycles. The molecular formula is C14H13Cl2NO2S2. The van der Waals surface area contributed by atoms with Crippen LogP contribution >= 0.6 is 35.0 Å². The van der Waals surface area contributed by atoms with Gasteiger partial charge in [-0.25, -0.2) is 8.42 Å². The van der Waals surface area contributed by atoms with Gasteiger partial charge in [-0.1, -0.05) is 23.2 Å². The molecule has 2 rings (SSSR count). The quantitative estimate of drug-likeness (QED) is 0.750. The van der Waals surface area contributed by atoms with Gasteiger partial charge in [0.1, 0.15) is 0 Å². The van der Waals surface area contributed by atoms with Crippen molar-refractivity contribution in [3.05, 3.63) is 52.5 Å². The molecule has 2 aromatic carbocycles. The van der Waals surface area contributed by atoms with Gasteiger partial charge in [0, 0.05) is 22.0 Å². The lowest BCUT2D eigenvalue weighted by Gasteiger charge is -2.20. The molecule has 112 valence electrons. The lowest BCUT2D eigenvalue weighted by atomic mass is 10.3. The number of rotatable bonds is 4. The molecular weight excluding hydrogens is 349 g/mol. The molecule has 0 aliphatic rings. The van der Waals surface area contributed by atoms with Crippen LogP contribution in [-0.2, 0) is 10.0 Å². The second kappa shape index (κ2) is 6.48. The Balaban J connectivity index is 2.41. The molecule has 0 heterocycles. The molecule has 0 aliphatic carbocycles. The largest absolute Gasteiger partial charge is 0.269 e. The standard InChI is InChI=1S/C14H13Cl2NO2S2/c1-17(12-8-10(15)7-11(16)9-12)21(18,19)14-5-3-13(20-2)4-6-14/h3-9H,1-2H3. The number of halogens is 2. The zero-order valence-corrected chi connectivity index (χ0v) is 14.5. The first-order chi connectivity index (χ1) is 9.84. The molecule has 21 heavy (non-hydrogen) atoms. The topological polar surface area (TPSA) is 37.4 Å². The Labute approximate surface area is 138 Å². The summed E-state index contributed by atoms with van der Waals surface area (Å²) in [5.74, 6) is 0. The summed E-state index contributed by atoms with van der Waals surface area (Å²) in [5.41, 5.74) is 0.418. The van der Waals surface area contributed by atoms with E-state index in [2.05, 4.69) is 0 Å². The number of anilines is 1. The van der Waals surface area contributed by atoms with Crippen molar-refractivity contribution in [2.75, 3.05) is 17.6 Å². The second-order valence-electron chi connectivity index (χ2n) is 4.28. The van der Waals surface area contributed by atoms with Crippen LogP contribution in [0.2, 0.25) is 10.0 Å². The van der Waals surface area contributed by atoms with Gasteiger partial charge in [-0.3, -0.25) is 4.31 Å². The van der Waals surface area contributed by atoms with E-state index < -0.39 is 10.0 Å². The fourth-order valence-electron chi connectivity index (χ4n) is 1.77. The highest BCUT2D eigenvalue weighted by molar-refractivity contribution is 7.98. The van der Waals surface area contributed by atoms with Crippen molar-refractivity contribution in [1.29, 1.82) is 0 Å². The maximum atomic E-state index is 12.6. The molecule has 0 atom stereocenters. The molecule has 0 aliphatic heterocycles. The van der Waals surface area contributed by atoms with Crippen molar-refractivity contribution >= 4 is 50.7 Å². The number of nitrogens with zero attached hydrogens (tertiary/aromatic N) is 1. The van der Waals surface area contributed by atoms with Gasteiger partial charge in [-0.05, 0) is 48.7 Å². The molecule has 0 bridgehead atoms. The lowest BCUT2D eigenvalue weighted by Crippen LogP contribution is -2.26. The third kappa shape index (κ3) is 3.66. The molecule has 0 N–H and O–H groups in total. The summed E-state index contributed by atoms with van der Waals surface area (Å²) in [6, 6.07) is 11.4. The van der Waals surface area contributed by atoms with Gasteiger partial charge in [-0.2, -0.15) is 0 Å². The van der Waals surface area contributed by atoms with Gasteiger partial charge in [0.05, 0.1) is 10.6 Å². The summed E-state index contributed by atoms with van der Waals surface area (Å²) in [7, 11) is -2.17. The first-order valence-corrected chi connectivity index (χ1v) is 9.36. The Bertz CT molecular complexity index is 726. The summed E-state index contributed by atoms with van der Waals surface area (Å²) in [5, 5.41) is 0.773. The van der Waals surface area contributed by atoms with Crippen LogP contribution < -0.4 is 4.31 Å². The van der Waals surface area contributed by atoms with Crippen LogP contribution in [0.3, 0.4) is 0 Å². The van der Waals surface area contributed by atoms with Crippen molar-refractivity contribution in [1.82, 2.24) is 0 Å². The van der Waals surface area contributed by atoms with Crippen LogP contribution in [0.5, 0.6) is 0 Å². The van der Waals surface area contributed by atoms with E-state index >= 15 is 0 Å². The fourth-order valence-corrected chi connectivity index (χ4v) is 3.87. The Morgan fingerprint density at radius 2 is 1.52 bits per heavy atom. The first-order valence-electron chi connectivity index (χ1n) is 5.93. The van der Waals surface area contributed by atoms with E-state index in [-0.39, 0.29) is 4.90 Å². The van der Waals surface area contributed by atoms with Gasteiger partial charge in [-0.15, -0.1) is 11.8 Å². The normalized spacial score (nSPS) is 11.4. The van der Waals surface area contributed by atoms with Crippen LogP contribution in [0, 0.1) is 0 Å². The maximum Gasteiger partial charge on any atom is 0.264 e. The SMILES string of the molecule is CSc1ccc(S(=O)(=O)N(C)c2cc(Cl)cc(Cl)c2)cc1. The zero-order valence-electron chi connectivity index (χ0n) is 11.4. The summed E-state index contributed by atoms with van der Waals surface area (Å²) in [4.78, 5) is 1.22. The van der Waals surface area contributed by atoms with Gasteiger partial charge in [0.15, 0.2) is 0 Å². The van der Waals surface area contributed by atoms with Crippen molar-refractivity contribution in [3.8, 4) is 0 Å². The van der Waals surface area contributed by atoms with E-state index in [9.17, 15) is 8.42 Å². The van der Waals surface area contributed by atoms with E-state index in [0.29, 0.717) is 15.7 Å². The minimum Gasteiger partial charge on any atom is -0.269 e. The predicted molar refractivity (Wildman–Crippen MR) is 90.3 cm³/mol. The van der Waals surface area contributed by atoms with Gasteiger partial charge in [0.25, 0.3) is 10.0 Å². The summed E-state index contributed by atoms with van der Waals surface area (Å²) in [6.45, 7) is 0. The average molecular weight is 362 g/mol. The summed E-state index contributed by atoms with van der Waals surface area (Å²) >= 11 is 13.4. The van der Waals surface area contributed by atoms with Crippen LogP contribution in [0.15, 0.2) is 52.3 Å². The minimum atomic E-state index is -3.64. The molecule has 0 unspecified atom stereocenters. The van der Waals surface area contributed by atoms with E-state index in [1.807, 2.05) is 6.26 Å². The number of benzene rings is 2. The van der Waals surface area contributed by atoms with Crippen LogP contribution in [0.1, 0.15) is 0 Å². The van der Waals surface area contributed by atoms with Gasteiger partial charge < -0.3 is 0 Å². The Morgan fingerprint density at radius 1 is 1.00 bits per heavy atom. The minimum absolute atomic E-state index is 0.221. The molecule has 0 amide bonds. The van der Waals surface area contributed by atoms with Crippen molar-refractivity contribution < 1.29 is 8.42 Å². The number of thioether (sulfide) groups is 1. The average Bonchev–Trinajstić information content (AvgIpc) is 2.45. The molecule has 7 heteroatoms.